The van der Waals surface area contributed by atoms with E-state index in [0.29, 0.717) is 0 Å². The molecule has 0 aliphatic rings. The molecule has 0 aliphatic carbocycles. The van der Waals surface area contributed by atoms with Crippen LogP contribution in [0.4, 0.5) is 0 Å². The van der Waals surface area contributed by atoms with Crippen molar-refractivity contribution >= 4 is 0 Å². The number of allylic oxidation sites excluding steroid dienone is 2. The van der Waals surface area contributed by atoms with Gasteiger partial charge in [-0.1, -0.05) is 32.4 Å². The van der Waals surface area contributed by atoms with Crippen molar-refractivity contribution in [2.24, 2.45) is 0 Å². The Morgan fingerprint density at radius 3 is 2.38 bits per heavy atom. The fraction of sp³-hybridized carbons (Fsp3) is 0.625. The van der Waals surface area contributed by atoms with Gasteiger partial charge in [-0.05, 0) is 19.3 Å². The third kappa shape index (κ3) is 5.74. The van der Waals surface area contributed by atoms with Gasteiger partial charge in [-0.3, -0.25) is 0 Å². The zero-order chi connectivity index (χ0) is 6.24. The van der Waals surface area contributed by atoms with Gasteiger partial charge < -0.3 is 0 Å². The van der Waals surface area contributed by atoms with Crippen LogP contribution in [0, 0.1) is 6.92 Å². The Labute approximate surface area is 52.6 Å². The van der Waals surface area contributed by atoms with Gasteiger partial charge in [0.05, 0.1) is 0 Å². The maximum Gasteiger partial charge on any atom is -0.0351 e. The largest absolute Gasteiger partial charge is 0.0885 e. The quantitative estimate of drug-likeness (QED) is 0.489. The highest BCUT2D eigenvalue weighted by Gasteiger charge is 1.72. The molecule has 0 rings (SSSR count). The molecular formula is C8H15. The second-order valence-corrected chi connectivity index (χ2v) is 1.90. The highest BCUT2D eigenvalue weighted by Crippen LogP contribution is 1.92. The van der Waals surface area contributed by atoms with Crippen LogP contribution in [-0.4, -0.2) is 0 Å². The molecule has 0 aromatic rings. The summed E-state index contributed by atoms with van der Waals surface area (Å²) in [7, 11) is 0. The van der Waals surface area contributed by atoms with Gasteiger partial charge in [-0.25, -0.2) is 0 Å². The van der Waals surface area contributed by atoms with Crippen molar-refractivity contribution in [3.05, 3.63) is 19.1 Å². The van der Waals surface area contributed by atoms with Crippen LogP contribution in [0.25, 0.3) is 0 Å². The van der Waals surface area contributed by atoms with Crippen molar-refractivity contribution < 1.29 is 0 Å². The van der Waals surface area contributed by atoms with E-state index in [1.807, 2.05) is 0 Å². The van der Waals surface area contributed by atoms with Crippen molar-refractivity contribution in [3.8, 4) is 0 Å². The zero-order valence-electron chi connectivity index (χ0n) is 5.69. The number of hydrogen-bond donors (Lipinski definition) is 0. The number of rotatable bonds is 4. The lowest BCUT2D eigenvalue weighted by atomic mass is 10.2. The van der Waals surface area contributed by atoms with Gasteiger partial charge in [0.25, 0.3) is 0 Å². The third-order valence-electron chi connectivity index (χ3n) is 0.993. The minimum absolute atomic E-state index is 1.03. The first-order valence-corrected chi connectivity index (χ1v) is 3.36. The Hall–Kier alpha value is -0.260. The summed E-state index contributed by atoms with van der Waals surface area (Å²) in [6.07, 6.45) is 9.08. The van der Waals surface area contributed by atoms with Crippen LogP contribution >= 0.6 is 0 Å². The summed E-state index contributed by atoms with van der Waals surface area (Å²) in [5.41, 5.74) is 0. The Morgan fingerprint density at radius 1 is 1.25 bits per heavy atom. The summed E-state index contributed by atoms with van der Waals surface area (Å²) >= 11 is 0. The first kappa shape index (κ1) is 7.74. The maximum absolute atomic E-state index is 3.73. The number of unbranched alkanes of at least 4 members (excludes halogenated alkanes) is 2. The number of hydrogen-bond acceptors (Lipinski definition) is 0. The Balaban J connectivity index is 2.83. The van der Waals surface area contributed by atoms with Crippen molar-refractivity contribution in [1.29, 1.82) is 0 Å². The standard InChI is InChI=1S/C8H15/c1-3-5-7-8-6-4-2/h7-8H,1,3-6H2,2H3/b8-7-. The predicted molar refractivity (Wildman–Crippen MR) is 38.6 cm³/mol. The predicted octanol–water partition coefficient (Wildman–Crippen LogP) is 2.96. The molecule has 0 aromatic carbocycles. The van der Waals surface area contributed by atoms with Crippen LogP contribution in [0.2, 0.25) is 0 Å². The zero-order valence-corrected chi connectivity index (χ0v) is 5.69. The molecule has 0 N–H and O–H groups in total. The van der Waals surface area contributed by atoms with Gasteiger partial charge in [0.1, 0.15) is 0 Å². The van der Waals surface area contributed by atoms with E-state index in [4.69, 9.17) is 0 Å². The van der Waals surface area contributed by atoms with E-state index in [1.54, 1.807) is 0 Å². The summed E-state index contributed by atoms with van der Waals surface area (Å²) < 4.78 is 0. The summed E-state index contributed by atoms with van der Waals surface area (Å²) in [5, 5.41) is 0. The van der Waals surface area contributed by atoms with E-state index in [9.17, 15) is 0 Å². The molecule has 0 amide bonds. The SMILES string of the molecule is [CH2]CC/C=C\CCC. The van der Waals surface area contributed by atoms with Gasteiger partial charge in [0, 0.05) is 0 Å². The van der Waals surface area contributed by atoms with E-state index in [2.05, 4.69) is 26.0 Å². The van der Waals surface area contributed by atoms with Crippen molar-refractivity contribution in [1.82, 2.24) is 0 Å². The molecule has 8 heavy (non-hydrogen) atoms. The molecule has 0 aliphatic heterocycles. The first-order chi connectivity index (χ1) is 3.91. The third-order valence-corrected chi connectivity index (χ3v) is 0.993. The molecule has 0 aromatic heterocycles. The average Bonchev–Trinajstić information content (AvgIpc) is 1.81. The van der Waals surface area contributed by atoms with E-state index >= 15 is 0 Å². The van der Waals surface area contributed by atoms with Gasteiger partial charge in [0.15, 0.2) is 0 Å². The molecule has 0 saturated carbocycles. The van der Waals surface area contributed by atoms with E-state index < -0.39 is 0 Å². The molecule has 0 saturated heterocycles. The van der Waals surface area contributed by atoms with Crippen LogP contribution in [0.3, 0.4) is 0 Å². The average molecular weight is 111 g/mol. The minimum atomic E-state index is 1.03. The molecule has 0 heteroatoms. The van der Waals surface area contributed by atoms with Gasteiger partial charge >= 0.3 is 0 Å². The summed E-state index contributed by atoms with van der Waals surface area (Å²) in [4.78, 5) is 0. The molecule has 0 nitrogen and oxygen atoms in total. The fourth-order valence-corrected chi connectivity index (χ4v) is 0.520. The van der Waals surface area contributed by atoms with Gasteiger partial charge in [-0.15, -0.1) is 0 Å². The topological polar surface area (TPSA) is 0 Å². The lowest BCUT2D eigenvalue weighted by Gasteiger charge is -1.83. The lowest BCUT2D eigenvalue weighted by Crippen LogP contribution is -1.62. The van der Waals surface area contributed by atoms with Gasteiger partial charge in [0.2, 0.25) is 0 Å². The molecule has 47 valence electrons. The molecule has 1 radical (unpaired) electrons. The molecular weight excluding hydrogens is 96.1 g/mol. The normalized spacial score (nSPS) is 10.8. The van der Waals surface area contributed by atoms with Crippen molar-refractivity contribution in [3.63, 3.8) is 0 Å². The van der Waals surface area contributed by atoms with E-state index in [-0.39, 0.29) is 0 Å². The summed E-state index contributed by atoms with van der Waals surface area (Å²) in [6, 6.07) is 0. The Morgan fingerprint density at radius 2 is 1.88 bits per heavy atom. The highest BCUT2D eigenvalue weighted by molar-refractivity contribution is 4.80. The second-order valence-electron chi connectivity index (χ2n) is 1.90. The van der Waals surface area contributed by atoms with Crippen LogP contribution in [-0.2, 0) is 0 Å². The molecule has 0 bridgehead atoms. The second kappa shape index (κ2) is 6.74. The highest BCUT2D eigenvalue weighted by atomic mass is 13.8. The van der Waals surface area contributed by atoms with Crippen LogP contribution < -0.4 is 0 Å². The molecule has 0 spiro atoms. The van der Waals surface area contributed by atoms with E-state index in [0.717, 1.165) is 12.8 Å². The smallest absolute Gasteiger partial charge is 0.0351 e. The van der Waals surface area contributed by atoms with Crippen LogP contribution in [0.5, 0.6) is 0 Å². The van der Waals surface area contributed by atoms with Crippen LogP contribution in [0.15, 0.2) is 12.2 Å². The van der Waals surface area contributed by atoms with E-state index in [1.165, 1.54) is 12.8 Å². The first-order valence-electron chi connectivity index (χ1n) is 3.36. The molecule has 0 atom stereocenters. The molecule has 0 fully saturated rings. The molecule has 0 heterocycles. The summed E-state index contributed by atoms with van der Waals surface area (Å²) in [6.45, 7) is 5.92. The summed E-state index contributed by atoms with van der Waals surface area (Å²) in [5.74, 6) is 0. The van der Waals surface area contributed by atoms with Gasteiger partial charge in [-0.2, -0.15) is 0 Å². The van der Waals surface area contributed by atoms with Crippen molar-refractivity contribution in [2.45, 2.75) is 32.6 Å². The molecule has 0 unspecified atom stereocenters. The lowest BCUT2D eigenvalue weighted by molar-refractivity contribution is 0.943. The minimum Gasteiger partial charge on any atom is -0.0885 e. The monoisotopic (exact) mass is 111 g/mol. The van der Waals surface area contributed by atoms with Crippen LogP contribution in [0.1, 0.15) is 32.6 Å². The Kier molecular flexibility index (Phi) is 6.52. The Bertz CT molecular complexity index is 45.1. The fourth-order valence-electron chi connectivity index (χ4n) is 0.520. The maximum atomic E-state index is 3.73. The van der Waals surface area contributed by atoms with Crippen molar-refractivity contribution in [2.75, 3.05) is 0 Å².